The van der Waals surface area contributed by atoms with E-state index in [1.54, 1.807) is 6.07 Å². The zero-order chi connectivity index (χ0) is 22.3. The highest BCUT2D eigenvalue weighted by molar-refractivity contribution is 7.99. The zero-order valence-electron chi connectivity index (χ0n) is 16.6. The van der Waals surface area contributed by atoms with Crippen LogP contribution >= 0.6 is 11.8 Å². The first-order valence-electron chi connectivity index (χ1n) is 9.72. The number of halogens is 4. The van der Waals surface area contributed by atoms with Gasteiger partial charge < -0.3 is 10.1 Å². The summed E-state index contributed by atoms with van der Waals surface area (Å²) in [4.78, 5) is 15.1. The smallest absolute Gasteiger partial charge is 0.379 e. The van der Waals surface area contributed by atoms with Gasteiger partial charge in [0.2, 0.25) is 5.91 Å². The van der Waals surface area contributed by atoms with E-state index < -0.39 is 23.5 Å². The van der Waals surface area contributed by atoms with E-state index in [4.69, 9.17) is 4.74 Å². The second-order valence-corrected chi connectivity index (χ2v) is 8.03. The van der Waals surface area contributed by atoms with Crippen molar-refractivity contribution in [1.29, 1.82) is 0 Å². The summed E-state index contributed by atoms with van der Waals surface area (Å²) in [6, 6.07) is 9.41. The number of morpholine rings is 1. The summed E-state index contributed by atoms with van der Waals surface area (Å²) in [7, 11) is 0. The Morgan fingerprint density at radius 3 is 2.45 bits per heavy atom. The van der Waals surface area contributed by atoms with Crippen molar-refractivity contribution in [2.45, 2.75) is 16.0 Å². The van der Waals surface area contributed by atoms with E-state index >= 15 is 0 Å². The lowest BCUT2D eigenvalue weighted by Gasteiger charge is -2.26. The van der Waals surface area contributed by atoms with E-state index in [9.17, 15) is 22.4 Å². The number of carbonyl (C=O) groups excluding carboxylic acids is 1. The average molecular weight is 454 g/mol. The summed E-state index contributed by atoms with van der Waals surface area (Å²) >= 11 is 1.10. The number of nitrogens with zero attached hydrogens (tertiary/aromatic N) is 1. The van der Waals surface area contributed by atoms with Crippen LogP contribution in [0.15, 0.2) is 58.3 Å². The van der Waals surface area contributed by atoms with Crippen LogP contribution in [-0.4, -0.2) is 50.2 Å². The van der Waals surface area contributed by atoms with Crippen molar-refractivity contribution in [2.24, 2.45) is 0 Å². The Morgan fingerprint density at radius 2 is 1.77 bits per heavy atom. The highest BCUT2D eigenvalue weighted by Crippen LogP contribution is 2.37. The molecule has 0 saturated carbocycles. The molecule has 1 fully saturated rings. The molecule has 3 rings (SSSR count). The number of benzene rings is 2. The third-order valence-electron chi connectivity index (χ3n) is 4.62. The topological polar surface area (TPSA) is 41.6 Å². The van der Waals surface area contributed by atoms with Crippen LogP contribution in [0.25, 0.3) is 6.08 Å². The predicted molar refractivity (Wildman–Crippen MR) is 111 cm³/mol. The highest BCUT2D eigenvalue weighted by Gasteiger charge is 2.33. The molecule has 0 aliphatic carbocycles. The molecule has 4 nitrogen and oxygen atoms in total. The van der Waals surface area contributed by atoms with Gasteiger partial charge in [0, 0.05) is 42.0 Å². The van der Waals surface area contributed by atoms with Crippen LogP contribution in [0.1, 0.15) is 11.1 Å². The Morgan fingerprint density at radius 1 is 1.10 bits per heavy atom. The van der Waals surface area contributed by atoms with Crippen LogP contribution in [0, 0.1) is 5.82 Å². The van der Waals surface area contributed by atoms with E-state index in [1.807, 2.05) is 0 Å². The van der Waals surface area contributed by atoms with Gasteiger partial charge in [-0.05, 0) is 48.0 Å². The minimum Gasteiger partial charge on any atom is -0.379 e. The Hall–Kier alpha value is -2.36. The number of ether oxygens (including phenoxy) is 1. The van der Waals surface area contributed by atoms with E-state index in [1.165, 1.54) is 36.4 Å². The molecule has 1 aliphatic heterocycles. The van der Waals surface area contributed by atoms with Crippen molar-refractivity contribution < 1.29 is 27.1 Å². The minimum atomic E-state index is -4.58. The lowest BCUT2D eigenvalue weighted by Crippen LogP contribution is -2.41. The predicted octanol–water partition coefficient (Wildman–Crippen LogP) is 4.46. The second-order valence-electron chi connectivity index (χ2n) is 6.88. The molecule has 0 bridgehead atoms. The van der Waals surface area contributed by atoms with Crippen molar-refractivity contribution in [3.8, 4) is 0 Å². The van der Waals surface area contributed by atoms with Gasteiger partial charge in [0.15, 0.2) is 0 Å². The zero-order valence-corrected chi connectivity index (χ0v) is 17.4. The fourth-order valence-corrected chi connectivity index (χ4v) is 3.87. The third kappa shape index (κ3) is 7.37. The van der Waals surface area contributed by atoms with Crippen LogP contribution in [-0.2, 0) is 15.7 Å². The first-order chi connectivity index (χ1) is 14.8. The molecule has 0 radical (unpaired) electrons. The Kier molecular flexibility index (Phi) is 8.11. The maximum atomic E-state index is 13.5. The van der Waals surface area contributed by atoms with E-state index in [0.29, 0.717) is 36.1 Å². The average Bonchev–Trinajstić information content (AvgIpc) is 2.74. The van der Waals surface area contributed by atoms with Crippen LogP contribution in [0.4, 0.5) is 17.6 Å². The maximum Gasteiger partial charge on any atom is 0.417 e. The van der Waals surface area contributed by atoms with E-state index in [-0.39, 0.29) is 5.56 Å². The van der Waals surface area contributed by atoms with E-state index in [2.05, 4.69) is 10.2 Å². The van der Waals surface area contributed by atoms with Gasteiger partial charge in [-0.25, -0.2) is 4.39 Å². The summed E-state index contributed by atoms with van der Waals surface area (Å²) in [6.07, 6.45) is -2.30. The molecule has 2 aromatic rings. The molecular weight excluding hydrogens is 432 g/mol. The summed E-state index contributed by atoms with van der Waals surface area (Å²) in [5, 5.41) is 2.68. The summed E-state index contributed by atoms with van der Waals surface area (Å²) in [5.41, 5.74) is -0.934. The van der Waals surface area contributed by atoms with Crippen molar-refractivity contribution in [1.82, 2.24) is 10.2 Å². The first kappa shape index (κ1) is 23.3. The Balaban J connectivity index is 1.63. The number of nitrogens with one attached hydrogen (secondary N) is 1. The van der Waals surface area contributed by atoms with E-state index in [0.717, 1.165) is 37.0 Å². The van der Waals surface area contributed by atoms with Gasteiger partial charge in [-0.15, -0.1) is 0 Å². The normalized spacial score (nSPS) is 15.4. The van der Waals surface area contributed by atoms with Crippen molar-refractivity contribution >= 4 is 23.7 Å². The monoisotopic (exact) mass is 454 g/mol. The van der Waals surface area contributed by atoms with Crippen LogP contribution in [0.3, 0.4) is 0 Å². The molecular formula is C22H22F4N2O2S. The molecule has 1 amide bonds. The van der Waals surface area contributed by atoms with Gasteiger partial charge in [0.1, 0.15) is 5.82 Å². The molecule has 1 aliphatic rings. The number of carbonyl (C=O) groups is 1. The molecule has 0 unspecified atom stereocenters. The molecule has 9 heteroatoms. The Bertz CT molecular complexity index is 911. The molecule has 2 aromatic carbocycles. The third-order valence-corrected chi connectivity index (χ3v) is 5.62. The van der Waals surface area contributed by atoms with Crippen molar-refractivity contribution in [3.05, 3.63) is 65.5 Å². The van der Waals surface area contributed by atoms with Crippen LogP contribution in [0.2, 0.25) is 0 Å². The first-order valence-corrected chi connectivity index (χ1v) is 10.5. The fourth-order valence-electron chi connectivity index (χ4n) is 3.01. The summed E-state index contributed by atoms with van der Waals surface area (Å²) in [6.45, 7) is 3.97. The second kappa shape index (κ2) is 10.8. The SMILES string of the molecule is O=C(/C=C/c1ccc(Sc2ccc(F)cc2)cc1C(F)(F)F)NCCN1CCOCC1. The minimum absolute atomic E-state index is 0.0979. The molecule has 0 atom stereocenters. The van der Waals surface area contributed by atoms with Gasteiger partial charge in [-0.3, -0.25) is 9.69 Å². The number of amides is 1. The molecule has 0 spiro atoms. The molecule has 1 N–H and O–H groups in total. The molecule has 0 aromatic heterocycles. The van der Waals surface area contributed by atoms with Crippen LogP contribution in [0.5, 0.6) is 0 Å². The standard InChI is InChI=1S/C22H22F4N2O2S/c23-17-3-6-18(7-4-17)31-19-5-1-16(20(15-19)22(24,25)26)2-8-21(29)27-9-10-28-11-13-30-14-12-28/h1-8,15H,9-14H2,(H,27,29)/b8-2+. The Labute approximate surface area is 182 Å². The van der Waals surface area contributed by atoms with Gasteiger partial charge in [0.25, 0.3) is 0 Å². The van der Waals surface area contributed by atoms with Crippen LogP contribution < -0.4 is 5.32 Å². The van der Waals surface area contributed by atoms with Gasteiger partial charge in [-0.2, -0.15) is 13.2 Å². The maximum absolute atomic E-state index is 13.5. The van der Waals surface area contributed by atoms with Gasteiger partial charge in [0.05, 0.1) is 18.8 Å². The lowest BCUT2D eigenvalue weighted by atomic mass is 10.1. The largest absolute Gasteiger partial charge is 0.417 e. The van der Waals surface area contributed by atoms with Crippen molar-refractivity contribution in [3.63, 3.8) is 0 Å². The van der Waals surface area contributed by atoms with Crippen molar-refractivity contribution in [2.75, 3.05) is 39.4 Å². The number of alkyl halides is 3. The summed E-state index contributed by atoms with van der Waals surface area (Å²) in [5.74, 6) is -0.866. The number of rotatable bonds is 7. The molecule has 1 saturated heterocycles. The van der Waals surface area contributed by atoms with Gasteiger partial charge in [-0.1, -0.05) is 17.8 Å². The number of hydrogen-bond acceptors (Lipinski definition) is 4. The fraction of sp³-hybridized carbons (Fsp3) is 0.318. The molecule has 31 heavy (non-hydrogen) atoms. The van der Waals surface area contributed by atoms with Gasteiger partial charge >= 0.3 is 6.18 Å². The quantitative estimate of drug-likeness (QED) is 0.496. The summed E-state index contributed by atoms with van der Waals surface area (Å²) < 4.78 is 58.9. The lowest BCUT2D eigenvalue weighted by molar-refractivity contribution is -0.137. The number of hydrogen-bond donors (Lipinski definition) is 1. The molecule has 166 valence electrons. The highest BCUT2D eigenvalue weighted by atomic mass is 32.2. The molecule has 1 heterocycles.